The summed E-state index contributed by atoms with van der Waals surface area (Å²) in [6, 6.07) is 15.4. The van der Waals surface area contributed by atoms with E-state index in [1.165, 1.54) is 0 Å². The summed E-state index contributed by atoms with van der Waals surface area (Å²) in [6.45, 7) is 0. The van der Waals surface area contributed by atoms with E-state index in [0.29, 0.717) is 34.8 Å². The first-order valence-electron chi connectivity index (χ1n) is 10.1. The quantitative estimate of drug-likeness (QED) is 0.404. The Morgan fingerprint density at radius 3 is 1.76 bits per heavy atom. The lowest BCUT2D eigenvalue weighted by molar-refractivity contribution is 0.620. The van der Waals surface area contributed by atoms with Crippen molar-refractivity contribution in [3.05, 3.63) is 85.7 Å². The van der Waals surface area contributed by atoms with E-state index in [1.807, 2.05) is 48.5 Å². The van der Waals surface area contributed by atoms with Crippen molar-refractivity contribution in [2.45, 2.75) is 0 Å². The largest absolute Gasteiger partial charge is 0.436 e. The molecule has 0 saturated heterocycles. The van der Waals surface area contributed by atoms with Gasteiger partial charge in [-0.25, -0.2) is 29.9 Å². The molecule has 0 aliphatic rings. The fourth-order valence-corrected chi connectivity index (χ4v) is 3.32. The summed E-state index contributed by atoms with van der Waals surface area (Å²) in [6.07, 6.45) is 9.59. The number of para-hydroxylation sites is 2. The van der Waals surface area contributed by atoms with Crippen molar-refractivity contribution in [3.63, 3.8) is 0 Å². The van der Waals surface area contributed by atoms with E-state index >= 15 is 0 Å². The predicted molar refractivity (Wildman–Crippen MR) is 120 cm³/mol. The minimum Gasteiger partial charge on any atom is -0.436 e. The first-order valence-corrected chi connectivity index (χ1v) is 10.1. The summed E-state index contributed by atoms with van der Waals surface area (Å²) in [4.78, 5) is 35.2. The van der Waals surface area contributed by atoms with Crippen LogP contribution in [-0.2, 0) is 0 Å². The molecule has 4 heterocycles. The summed E-state index contributed by atoms with van der Waals surface area (Å²) in [5.41, 5.74) is 4.29. The summed E-state index contributed by atoms with van der Waals surface area (Å²) >= 11 is 0. The molecule has 0 unspecified atom stereocenters. The summed E-state index contributed by atoms with van der Waals surface area (Å²) < 4.78 is 5.87. The molecule has 33 heavy (non-hydrogen) atoms. The zero-order chi connectivity index (χ0) is 22.0. The third-order valence-electron chi connectivity index (χ3n) is 4.90. The Morgan fingerprint density at radius 1 is 0.545 bits per heavy atom. The molecule has 0 radical (unpaired) electrons. The molecule has 6 aromatic rings. The molecule has 156 valence electrons. The lowest BCUT2D eigenvalue weighted by atomic mass is 10.1. The van der Waals surface area contributed by atoms with Crippen LogP contribution >= 0.6 is 0 Å². The molecule has 6 rings (SSSR count). The maximum absolute atomic E-state index is 5.87. The molecule has 0 aliphatic heterocycles. The van der Waals surface area contributed by atoms with Crippen molar-refractivity contribution in [1.29, 1.82) is 0 Å². The predicted octanol–water partition coefficient (Wildman–Crippen LogP) is 4.26. The van der Waals surface area contributed by atoms with Gasteiger partial charge in [-0.1, -0.05) is 24.3 Å². The highest BCUT2D eigenvalue weighted by molar-refractivity contribution is 5.76. The van der Waals surface area contributed by atoms with Gasteiger partial charge in [-0.2, -0.15) is 0 Å². The van der Waals surface area contributed by atoms with E-state index in [-0.39, 0.29) is 0 Å². The highest BCUT2D eigenvalue weighted by atomic mass is 16.3. The van der Waals surface area contributed by atoms with Gasteiger partial charge in [0, 0.05) is 35.9 Å². The Bertz CT molecular complexity index is 1460. The summed E-state index contributed by atoms with van der Waals surface area (Å²) in [7, 11) is 0. The highest BCUT2D eigenvalue weighted by Crippen LogP contribution is 2.27. The van der Waals surface area contributed by atoms with E-state index in [2.05, 4.69) is 39.9 Å². The average Bonchev–Trinajstić information content (AvgIpc) is 3.34. The molecule has 0 spiro atoms. The molecule has 4 aromatic heterocycles. The van der Waals surface area contributed by atoms with Gasteiger partial charge in [-0.15, -0.1) is 0 Å². The van der Waals surface area contributed by atoms with Crippen molar-refractivity contribution in [2.24, 2.45) is 0 Å². The van der Waals surface area contributed by atoms with Crippen molar-refractivity contribution in [2.75, 3.05) is 0 Å². The number of nitrogens with zero attached hydrogens (tertiary/aromatic N) is 8. The van der Waals surface area contributed by atoms with Crippen LogP contribution in [0.1, 0.15) is 0 Å². The fraction of sp³-hybridized carbons (Fsp3) is 0. The lowest BCUT2D eigenvalue weighted by Crippen LogP contribution is -2.02. The van der Waals surface area contributed by atoms with Crippen molar-refractivity contribution >= 4 is 11.1 Å². The second kappa shape index (κ2) is 7.97. The molecule has 0 amide bonds. The standard InChI is InChI=1S/C24H14N8O/c1-2-4-20-17(3-1)29-24(33-20)16-7-5-15(6-8-16)21-30-22(18-13-25-9-11-27-18)32-23(31-21)19-14-26-10-12-28-19/h1-14H. The van der Waals surface area contributed by atoms with Gasteiger partial charge in [0.2, 0.25) is 5.89 Å². The van der Waals surface area contributed by atoms with Gasteiger partial charge in [0.15, 0.2) is 23.1 Å². The topological polar surface area (TPSA) is 116 Å². The fourth-order valence-electron chi connectivity index (χ4n) is 3.32. The minimum absolute atomic E-state index is 0.400. The molecule has 9 nitrogen and oxygen atoms in total. The Balaban J connectivity index is 1.43. The number of hydrogen-bond acceptors (Lipinski definition) is 9. The second-order valence-corrected chi connectivity index (χ2v) is 7.05. The van der Waals surface area contributed by atoms with Gasteiger partial charge < -0.3 is 4.42 Å². The summed E-state index contributed by atoms with van der Waals surface area (Å²) in [5.74, 6) is 1.84. The molecule has 0 fully saturated rings. The van der Waals surface area contributed by atoms with Crippen LogP contribution < -0.4 is 0 Å². The van der Waals surface area contributed by atoms with Gasteiger partial charge >= 0.3 is 0 Å². The third kappa shape index (κ3) is 3.68. The molecular weight excluding hydrogens is 416 g/mol. The van der Waals surface area contributed by atoms with Crippen LogP contribution in [0.2, 0.25) is 0 Å². The van der Waals surface area contributed by atoms with Gasteiger partial charge in [0.1, 0.15) is 16.9 Å². The Morgan fingerprint density at radius 2 is 1.15 bits per heavy atom. The Kier molecular flexibility index (Phi) is 4.54. The van der Waals surface area contributed by atoms with E-state index in [9.17, 15) is 0 Å². The molecular formula is C24H14N8O. The van der Waals surface area contributed by atoms with Crippen LogP contribution in [0.15, 0.2) is 90.1 Å². The number of aromatic nitrogens is 8. The zero-order valence-corrected chi connectivity index (χ0v) is 17.1. The molecule has 0 bridgehead atoms. The van der Waals surface area contributed by atoms with Crippen LogP contribution in [0.25, 0.3) is 57.0 Å². The zero-order valence-electron chi connectivity index (χ0n) is 17.1. The number of benzene rings is 2. The van der Waals surface area contributed by atoms with Crippen molar-refractivity contribution < 1.29 is 4.42 Å². The lowest BCUT2D eigenvalue weighted by Gasteiger charge is -2.07. The third-order valence-corrected chi connectivity index (χ3v) is 4.90. The highest BCUT2D eigenvalue weighted by Gasteiger charge is 2.15. The Hall–Kier alpha value is -4.92. The van der Waals surface area contributed by atoms with Crippen LogP contribution in [-0.4, -0.2) is 39.9 Å². The average molecular weight is 430 g/mol. The summed E-state index contributed by atoms with van der Waals surface area (Å²) in [5, 5.41) is 0. The molecule has 0 saturated carbocycles. The van der Waals surface area contributed by atoms with E-state index in [1.54, 1.807) is 37.2 Å². The monoisotopic (exact) mass is 430 g/mol. The number of hydrogen-bond donors (Lipinski definition) is 0. The Labute approximate surface area is 187 Å². The smallest absolute Gasteiger partial charge is 0.227 e. The van der Waals surface area contributed by atoms with Crippen LogP contribution in [0.5, 0.6) is 0 Å². The maximum Gasteiger partial charge on any atom is 0.227 e. The normalized spacial score (nSPS) is 11.0. The number of fused-ring (bicyclic) bond motifs is 1. The van der Waals surface area contributed by atoms with Gasteiger partial charge in [-0.05, 0) is 24.3 Å². The first-order chi connectivity index (χ1) is 16.3. The van der Waals surface area contributed by atoms with Crippen molar-refractivity contribution in [3.8, 4) is 45.9 Å². The van der Waals surface area contributed by atoms with Gasteiger partial charge in [0.05, 0.1) is 12.4 Å². The van der Waals surface area contributed by atoms with Crippen LogP contribution in [0, 0.1) is 0 Å². The van der Waals surface area contributed by atoms with Crippen LogP contribution in [0.4, 0.5) is 0 Å². The van der Waals surface area contributed by atoms with Crippen LogP contribution in [0.3, 0.4) is 0 Å². The van der Waals surface area contributed by atoms with E-state index < -0.39 is 0 Å². The molecule has 0 aliphatic carbocycles. The van der Waals surface area contributed by atoms with Gasteiger partial charge in [-0.3, -0.25) is 9.97 Å². The van der Waals surface area contributed by atoms with Crippen molar-refractivity contribution in [1.82, 2.24) is 39.9 Å². The number of rotatable bonds is 4. The SMILES string of the molecule is c1ccc2oc(-c3ccc(-c4nc(-c5cnccn5)nc(-c5cnccn5)n4)cc3)nc2c1. The van der Waals surface area contributed by atoms with Gasteiger partial charge in [0.25, 0.3) is 0 Å². The minimum atomic E-state index is 0.400. The molecule has 9 heteroatoms. The second-order valence-electron chi connectivity index (χ2n) is 7.05. The molecule has 0 atom stereocenters. The molecule has 2 aromatic carbocycles. The van der Waals surface area contributed by atoms with E-state index in [0.717, 1.165) is 22.2 Å². The maximum atomic E-state index is 5.87. The first kappa shape index (κ1) is 18.8. The van der Waals surface area contributed by atoms with E-state index in [4.69, 9.17) is 4.42 Å². The molecule has 0 N–H and O–H groups in total. The number of oxazole rings is 1.